The van der Waals surface area contributed by atoms with Crippen molar-refractivity contribution >= 4 is 10.0 Å². The van der Waals surface area contributed by atoms with Crippen molar-refractivity contribution in [1.82, 2.24) is 4.72 Å². The van der Waals surface area contributed by atoms with Gasteiger partial charge in [0, 0.05) is 6.54 Å². The van der Waals surface area contributed by atoms with Crippen LogP contribution in [0, 0.1) is 56.7 Å². The summed E-state index contributed by atoms with van der Waals surface area (Å²) in [5.74, 6) is 3.20. The molecule has 5 fully saturated rings. The van der Waals surface area contributed by atoms with Crippen LogP contribution in [0.25, 0.3) is 0 Å². The summed E-state index contributed by atoms with van der Waals surface area (Å²) >= 11 is 0. The highest BCUT2D eigenvalue weighted by Gasteiger charge is 2.70. The lowest BCUT2D eigenvalue weighted by Crippen LogP contribution is -2.66. The summed E-state index contributed by atoms with van der Waals surface area (Å²) in [4.78, 5) is 0. The molecule has 5 heteroatoms. The van der Waals surface area contributed by atoms with Crippen molar-refractivity contribution in [3.8, 4) is 0 Å². The van der Waals surface area contributed by atoms with Gasteiger partial charge in [-0.2, -0.15) is 0 Å². The van der Waals surface area contributed by atoms with Gasteiger partial charge in [0.25, 0.3) is 0 Å². The molecule has 0 bridgehead atoms. The van der Waals surface area contributed by atoms with Crippen LogP contribution in [0.4, 0.5) is 0 Å². The predicted molar refractivity (Wildman–Crippen MR) is 152 cm³/mol. The molecule has 10 atom stereocenters. The number of hydrogen-bond donors (Lipinski definition) is 2. The lowest BCUT2D eigenvalue weighted by atomic mass is 9.32. The molecule has 2 N–H and O–H groups in total. The number of aliphatic hydroxyl groups excluding tert-OH is 1. The maximum atomic E-state index is 11.9. The third kappa shape index (κ3) is 3.97. The monoisotopic (exact) mass is 533 g/mol. The topological polar surface area (TPSA) is 66.4 Å². The Bertz CT molecular complexity index is 1040. The van der Waals surface area contributed by atoms with Crippen LogP contribution in [0.5, 0.6) is 0 Å². The SMILES string of the molecule is C=C(C)[C@@H]1CC[C@]2(CCNS(C)(=O)=O)CC[C@]3(C)[C@H](CC[C@@H]4[C@@]5(C)CC[C@H](O)C(C)(C)[C@@H]5CC[C@]43C)[C@@H]12. The number of nitrogens with one attached hydrogen (secondary N) is 1. The molecule has 5 saturated carbocycles. The zero-order chi connectivity index (χ0) is 27.2. The van der Waals surface area contributed by atoms with Gasteiger partial charge in [0.2, 0.25) is 10.0 Å². The first-order valence-corrected chi connectivity index (χ1v) is 17.2. The molecule has 5 rings (SSSR count). The fourth-order valence-electron chi connectivity index (χ4n) is 12.2. The molecule has 4 nitrogen and oxygen atoms in total. The molecule has 37 heavy (non-hydrogen) atoms. The second kappa shape index (κ2) is 8.80. The number of hydrogen-bond acceptors (Lipinski definition) is 3. The molecule has 5 aliphatic carbocycles. The quantitative estimate of drug-likeness (QED) is 0.376. The molecular weight excluding hydrogens is 478 g/mol. The van der Waals surface area contributed by atoms with E-state index in [0.29, 0.717) is 46.5 Å². The fourth-order valence-corrected chi connectivity index (χ4v) is 12.7. The third-order valence-corrected chi connectivity index (χ3v) is 14.9. The third-order valence-electron chi connectivity index (χ3n) is 14.2. The molecule has 0 aromatic rings. The smallest absolute Gasteiger partial charge is 0.208 e. The molecule has 0 amide bonds. The maximum Gasteiger partial charge on any atom is 0.208 e. The highest BCUT2D eigenvalue weighted by Crippen LogP contribution is 2.77. The summed E-state index contributed by atoms with van der Waals surface area (Å²) in [6.07, 6.45) is 14.3. The minimum absolute atomic E-state index is 0.00306. The number of aliphatic hydroxyl groups is 1. The van der Waals surface area contributed by atoms with Crippen molar-refractivity contribution in [2.45, 2.75) is 118 Å². The lowest BCUT2D eigenvalue weighted by Gasteiger charge is -2.73. The number of rotatable bonds is 5. The molecule has 0 saturated heterocycles. The Balaban J connectivity index is 1.49. The normalized spacial score (nSPS) is 50.9. The molecule has 5 aliphatic rings. The van der Waals surface area contributed by atoms with Crippen LogP contribution in [-0.2, 0) is 10.0 Å². The first-order chi connectivity index (χ1) is 17.0. The van der Waals surface area contributed by atoms with Gasteiger partial charge < -0.3 is 5.11 Å². The fraction of sp³-hybridized carbons (Fsp3) is 0.938. The van der Waals surface area contributed by atoms with Gasteiger partial charge in [0.05, 0.1) is 12.4 Å². The summed E-state index contributed by atoms with van der Waals surface area (Å²) in [6.45, 7) is 19.9. The number of sulfonamides is 1. The van der Waals surface area contributed by atoms with E-state index in [9.17, 15) is 13.5 Å². The summed E-state index contributed by atoms with van der Waals surface area (Å²) in [5, 5.41) is 11.0. The first kappa shape index (κ1) is 28.1. The molecule has 0 unspecified atom stereocenters. The Morgan fingerprint density at radius 2 is 1.59 bits per heavy atom. The molecule has 0 heterocycles. The average Bonchev–Trinajstić information content (AvgIpc) is 3.16. The van der Waals surface area contributed by atoms with Crippen molar-refractivity contribution in [2.24, 2.45) is 56.7 Å². The van der Waals surface area contributed by atoms with E-state index < -0.39 is 10.0 Å². The highest BCUT2D eigenvalue weighted by molar-refractivity contribution is 7.88. The second-order valence-corrected chi connectivity index (χ2v) is 17.7. The van der Waals surface area contributed by atoms with Crippen LogP contribution in [-0.4, -0.2) is 32.4 Å². The van der Waals surface area contributed by atoms with Crippen molar-refractivity contribution in [2.75, 3.05) is 12.8 Å². The molecule has 0 aliphatic heterocycles. The van der Waals surface area contributed by atoms with Crippen LogP contribution < -0.4 is 4.72 Å². The average molecular weight is 534 g/mol. The van der Waals surface area contributed by atoms with Gasteiger partial charge >= 0.3 is 0 Å². The van der Waals surface area contributed by atoms with Crippen LogP contribution in [0.1, 0.15) is 112 Å². The van der Waals surface area contributed by atoms with Crippen LogP contribution in [0.15, 0.2) is 12.2 Å². The maximum absolute atomic E-state index is 11.9. The highest BCUT2D eigenvalue weighted by atomic mass is 32.2. The Morgan fingerprint density at radius 1 is 0.892 bits per heavy atom. The minimum Gasteiger partial charge on any atom is -0.393 e. The summed E-state index contributed by atoms with van der Waals surface area (Å²) in [5.41, 5.74) is 2.52. The van der Waals surface area contributed by atoms with Crippen LogP contribution in [0.2, 0.25) is 0 Å². The Hall–Kier alpha value is -0.390. The van der Waals surface area contributed by atoms with E-state index in [-0.39, 0.29) is 16.9 Å². The van der Waals surface area contributed by atoms with Gasteiger partial charge in [-0.3, -0.25) is 0 Å². The number of fused-ring (bicyclic) bond motifs is 7. The van der Waals surface area contributed by atoms with Gasteiger partial charge in [0.15, 0.2) is 0 Å². The zero-order valence-corrected chi connectivity index (χ0v) is 25.6. The summed E-state index contributed by atoms with van der Waals surface area (Å²) < 4.78 is 26.6. The van der Waals surface area contributed by atoms with Crippen LogP contribution in [0.3, 0.4) is 0 Å². The van der Waals surface area contributed by atoms with E-state index >= 15 is 0 Å². The van der Waals surface area contributed by atoms with E-state index in [1.54, 1.807) is 0 Å². The predicted octanol–water partition coefficient (Wildman–Crippen LogP) is 6.94. The number of allylic oxidation sites excluding steroid dienone is 1. The molecule has 0 radical (unpaired) electrons. The van der Waals surface area contributed by atoms with E-state index in [0.717, 1.165) is 18.8 Å². The summed E-state index contributed by atoms with van der Waals surface area (Å²) in [6, 6.07) is 0. The van der Waals surface area contributed by atoms with Gasteiger partial charge in [-0.25, -0.2) is 13.1 Å². The molecule has 0 spiro atoms. The molecule has 212 valence electrons. The van der Waals surface area contributed by atoms with E-state index in [2.05, 4.69) is 52.8 Å². The molecular formula is C32H55NO3S. The Labute approximate surface area is 227 Å². The van der Waals surface area contributed by atoms with Crippen LogP contribution >= 0.6 is 0 Å². The van der Waals surface area contributed by atoms with Gasteiger partial charge in [0.1, 0.15) is 0 Å². The molecule has 0 aromatic heterocycles. The Kier molecular flexibility index (Phi) is 6.70. The minimum atomic E-state index is -3.16. The summed E-state index contributed by atoms with van der Waals surface area (Å²) in [7, 11) is -3.16. The van der Waals surface area contributed by atoms with E-state index in [4.69, 9.17) is 0 Å². The van der Waals surface area contributed by atoms with Gasteiger partial charge in [-0.1, -0.05) is 46.8 Å². The van der Waals surface area contributed by atoms with Gasteiger partial charge in [-0.15, -0.1) is 0 Å². The van der Waals surface area contributed by atoms with Crippen molar-refractivity contribution in [3.05, 3.63) is 12.2 Å². The standard InChI is InChI=1S/C32H55NO3S/c1-21(2)22-11-16-32(19-20-33-37(8,35)36)18-17-30(6)23(27(22)32)9-10-25-29(5)14-13-26(34)28(3,4)24(29)12-15-31(25,30)7/h22-27,33-34H,1,9-20H2,2-8H3/t22-,23+,24-,25+,26-,27+,29-,30+,31+,32+/m0/s1. The van der Waals surface area contributed by atoms with Crippen molar-refractivity contribution < 1.29 is 13.5 Å². The van der Waals surface area contributed by atoms with Gasteiger partial charge in [-0.05, 0) is 134 Å². The largest absolute Gasteiger partial charge is 0.393 e. The first-order valence-electron chi connectivity index (χ1n) is 15.3. The zero-order valence-electron chi connectivity index (χ0n) is 24.8. The van der Waals surface area contributed by atoms with E-state index in [1.165, 1.54) is 69.6 Å². The molecule has 0 aromatic carbocycles. The van der Waals surface area contributed by atoms with Crippen molar-refractivity contribution in [3.63, 3.8) is 0 Å². The second-order valence-electron chi connectivity index (χ2n) is 15.8. The Morgan fingerprint density at radius 3 is 2.24 bits per heavy atom. The van der Waals surface area contributed by atoms with Crippen molar-refractivity contribution in [1.29, 1.82) is 0 Å². The lowest BCUT2D eigenvalue weighted by molar-refractivity contribution is -0.247. The van der Waals surface area contributed by atoms with E-state index in [1.807, 2.05) is 0 Å².